The normalized spacial score (nSPS) is 22.3. The summed E-state index contributed by atoms with van der Waals surface area (Å²) < 4.78 is 67.5. The van der Waals surface area contributed by atoms with Crippen LogP contribution in [0.2, 0.25) is 0 Å². The Labute approximate surface area is 169 Å². The minimum absolute atomic E-state index is 0.218. The van der Waals surface area contributed by atoms with Gasteiger partial charge >= 0.3 is 6.18 Å². The van der Waals surface area contributed by atoms with Gasteiger partial charge in [-0.05, 0) is 20.3 Å². The Kier molecular flexibility index (Phi) is 5.20. The number of nitrogens with zero attached hydrogens (tertiary/aromatic N) is 5. The number of ether oxygens (including phenoxy) is 1. The van der Waals surface area contributed by atoms with Crippen LogP contribution in [0.3, 0.4) is 0 Å². The number of aryl methyl sites for hydroxylation is 1. The number of hydrogen-bond donors (Lipinski definition) is 0. The van der Waals surface area contributed by atoms with Gasteiger partial charge in [0.15, 0.2) is 5.82 Å². The third-order valence-electron chi connectivity index (χ3n) is 5.54. The van der Waals surface area contributed by atoms with Crippen molar-refractivity contribution in [3.8, 4) is 0 Å². The minimum Gasteiger partial charge on any atom is -0.377 e. The lowest BCUT2D eigenvalue weighted by Crippen LogP contribution is -2.53. The first-order valence-electron chi connectivity index (χ1n) is 9.56. The number of morpholine rings is 1. The van der Waals surface area contributed by atoms with Crippen LogP contribution in [0.4, 0.5) is 29.3 Å². The number of alkyl halides is 3. The van der Waals surface area contributed by atoms with Crippen molar-refractivity contribution in [1.82, 2.24) is 14.7 Å². The molecule has 2 aliphatic rings. The summed E-state index contributed by atoms with van der Waals surface area (Å²) in [5.41, 5.74) is -0.126. The van der Waals surface area contributed by atoms with Crippen molar-refractivity contribution in [3.05, 3.63) is 33.7 Å². The number of hydrogen-bond acceptors (Lipinski definition) is 7. The van der Waals surface area contributed by atoms with Gasteiger partial charge in [-0.25, -0.2) is 0 Å². The summed E-state index contributed by atoms with van der Waals surface area (Å²) in [7, 11) is 0. The van der Waals surface area contributed by atoms with E-state index in [9.17, 15) is 22.4 Å². The van der Waals surface area contributed by atoms with Gasteiger partial charge in [0, 0.05) is 18.7 Å². The van der Waals surface area contributed by atoms with E-state index in [4.69, 9.17) is 9.26 Å². The second kappa shape index (κ2) is 7.56. The fraction of sp³-hybridized carbons (Fsp3) is 0.611. The first-order chi connectivity index (χ1) is 14.2. The zero-order valence-corrected chi connectivity index (χ0v) is 16.4. The van der Waals surface area contributed by atoms with E-state index in [-0.39, 0.29) is 37.4 Å². The summed E-state index contributed by atoms with van der Waals surface area (Å²) in [6.45, 7) is 3.76. The van der Waals surface area contributed by atoms with E-state index in [1.807, 2.05) is 0 Å². The monoisotopic (exact) mass is 431 g/mol. The smallest absolute Gasteiger partial charge is 0.377 e. The Hall–Kier alpha value is -2.63. The van der Waals surface area contributed by atoms with E-state index in [0.29, 0.717) is 24.5 Å². The standard InChI is InChI=1S/C18H21F4N5O3/c1-10-8-29-6-5-25(10)15-14(19)16(28)26-4-3-13(18(20,21)22)27(17(26)23-15)7-12-9-30-24-11(12)2/h9-10,13H,3-8H2,1-2H3. The summed E-state index contributed by atoms with van der Waals surface area (Å²) in [5.74, 6) is -1.54. The van der Waals surface area contributed by atoms with Gasteiger partial charge in [-0.15, -0.1) is 0 Å². The fourth-order valence-corrected chi connectivity index (χ4v) is 3.88. The molecule has 12 heteroatoms. The summed E-state index contributed by atoms with van der Waals surface area (Å²) >= 11 is 0. The minimum atomic E-state index is -4.56. The van der Waals surface area contributed by atoms with E-state index in [1.165, 1.54) is 6.26 Å². The molecule has 0 aliphatic carbocycles. The fourth-order valence-electron chi connectivity index (χ4n) is 3.88. The van der Waals surface area contributed by atoms with Crippen LogP contribution in [0, 0.1) is 12.7 Å². The lowest BCUT2D eigenvalue weighted by molar-refractivity contribution is -0.153. The average Bonchev–Trinajstić information content (AvgIpc) is 3.09. The third kappa shape index (κ3) is 3.53. The molecule has 2 aromatic heterocycles. The molecular weight excluding hydrogens is 410 g/mol. The van der Waals surface area contributed by atoms with Crippen LogP contribution in [0.1, 0.15) is 24.6 Å². The number of rotatable bonds is 3. The van der Waals surface area contributed by atoms with E-state index < -0.39 is 30.0 Å². The highest BCUT2D eigenvalue weighted by Gasteiger charge is 2.47. The molecule has 0 amide bonds. The molecule has 1 saturated heterocycles. The number of aromatic nitrogens is 3. The SMILES string of the molecule is Cc1nocc1CN1c2nc(N3CCOCC3C)c(F)c(=O)n2CCC1C(F)(F)F. The van der Waals surface area contributed by atoms with Gasteiger partial charge in [0.25, 0.3) is 5.56 Å². The molecule has 2 aliphatic heterocycles. The highest BCUT2D eigenvalue weighted by atomic mass is 19.4. The van der Waals surface area contributed by atoms with Crippen LogP contribution in [0.15, 0.2) is 15.6 Å². The molecule has 8 nitrogen and oxygen atoms in total. The topological polar surface area (TPSA) is 76.6 Å². The molecular formula is C18H21F4N5O3. The maximum atomic E-state index is 14.9. The summed E-state index contributed by atoms with van der Waals surface area (Å²) in [6.07, 6.45) is -3.70. The van der Waals surface area contributed by atoms with Crippen molar-refractivity contribution >= 4 is 11.8 Å². The average molecular weight is 431 g/mol. The molecule has 0 aromatic carbocycles. The second-order valence-electron chi connectivity index (χ2n) is 7.52. The Balaban J connectivity index is 1.84. The Morgan fingerprint density at radius 1 is 1.30 bits per heavy atom. The van der Waals surface area contributed by atoms with Crippen LogP contribution in [-0.2, 0) is 17.8 Å². The molecule has 0 bridgehead atoms. The van der Waals surface area contributed by atoms with Crippen molar-refractivity contribution in [2.45, 2.75) is 51.6 Å². The summed E-state index contributed by atoms with van der Waals surface area (Å²) in [4.78, 5) is 19.5. The Bertz CT molecular complexity index is 989. The Morgan fingerprint density at radius 3 is 2.70 bits per heavy atom. The maximum absolute atomic E-state index is 14.9. The van der Waals surface area contributed by atoms with Gasteiger partial charge in [-0.2, -0.15) is 22.5 Å². The predicted molar refractivity (Wildman–Crippen MR) is 98.0 cm³/mol. The number of fused-ring (bicyclic) bond motifs is 1. The van der Waals surface area contributed by atoms with E-state index in [1.54, 1.807) is 18.7 Å². The van der Waals surface area contributed by atoms with Crippen molar-refractivity contribution in [1.29, 1.82) is 0 Å². The lowest BCUT2D eigenvalue weighted by Gasteiger charge is -2.40. The molecule has 0 spiro atoms. The quantitative estimate of drug-likeness (QED) is 0.690. The van der Waals surface area contributed by atoms with Crippen molar-refractivity contribution in [2.24, 2.45) is 0 Å². The summed E-state index contributed by atoms with van der Waals surface area (Å²) in [5, 5.41) is 3.70. The second-order valence-corrected chi connectivity index (χ2v) is 7.52. The first kappa shape index (κ1) is 20.6. The van der Waals surface area contributed by atoms with Gasteiger partial charge in [0.05, 0.1) is 31.5 Å². The van der Waals surface area contributed by atoms with Gasteiger partial charge in [-0.3, -0.25) is 9.36 Å². The molecule has 4 heterocycles. The molecule has 2 aromatic rings. The highest BCUT2D eigenvalue weighted by Crippen LogP contribution is 2.36. The van der Waals surface area contributed by atoms with Gasteiger partial charge in [0.2, 0.25) is 11.8 Å². The van der Waals surface area contributed by atoms with Crippen LogP contribution in [0.25, 0.3) is 0 Å². The van der Waals surface area contributed by atoms with Crippen molar-refractivity contribution in [2.75, 3.05) is 29.6 Å². The molecule has 4 rings (SSSR count). The van der Waals surface area contributed by atoms with Gasteiger partial charge in [-0.1, -0.05) is 5.16 Å². The molecule has 164 valence electrons. The van der Waals surface area contributed by atoms with E-state index >= 15 is 0 Å². The maximum Gasteiger partial charge on any atom is 0.408 e. The zero-order valence-electron chi connectivity index (χ0n) is 16.4. The molecule has 2 unspecified atom stereocenters. The zero-order chi connectivity index (χ0) is 21.6. The number of halogens is 4. The van der Waals surface area contributed by atoms with E-state index in [2.05, 4.69) is 10.1 Å². The molecule has 0 radical (unpaired) electrons. The van der Waals surface area contributed by atoms with Crippen LogP contribution in [0.5, 0.6) is 0 Å². The van der Waals surface area contributed by atoms with E-state index in [0.717, 1.165) is 9.47 Å². The largest absolute Gasteiger partial charge is 0.408 e. The van der Waals surface area contributed by atoms with Gasteiger partial charge < -0.3 is 19.1 Å². The summed E-state index contributed by atoms with van der Waals surface area (Å²) in [6, 6.07) is -2.15. The highest BCUT2D eigenvalue weighted by molar-refractivity contribution is 5.49. The van der Waals surface area contributed by atoms with Crippen molar-refractivity contribution < 1.29 is 26.8 Å². The predicted octanol–water partition coefficient (Wildman–Crippen LogP) is 2.25. The van der Waals surface area contributed by atoms with Gasteiger partial charge in [0.1, 0.15) is 12.3 Å². The van der Waals surface area contributed by atoms with Crippen LogP contribution >= 0.6 is 0 Å². The molecule has 0 saturated carbocycles. The third-order valence-corrected chi connectivity index (χ3v) is 5.54. The molecule has 1 fully saturated rings. The number of anilines is 2. The Morgan fingerprint density at radius 2 is 2.07 bits per heavy atom. The van der Waals surface area contributed by atoms with Crippen LogP contribution < -0.4 is 15.4 Å². The first-order valence-corrected chi connectivity index (χ1v) is 9.56. The lowest BCUT2D eigenvalue weighted by atomic mass is 10.1. The molecule has 2 atom stereocenters. The van der Waals surface area contributed by atoms with Crippen LogP contribution in [-0.4, -0.2) is 52.7 Å². The molecule has 0 N–H and O–H groups in total. The van der Waals surface area contributed by atoms with Crippen molar-refractivity contribution in [3.63, 3.8) is 0 Å². The molecule has 30 heavy (non-hydrogen) atoms.